The van der Waals surface area contributed by atoms with Crippen molar-refractivity contribution in [1.82, 2.24) is 5.32 Å². The zero-order valence-corrected chi connectivity index (χ0v) is 16.4. The molecule has 1 N–H and O–H groups in total. The highest BCUT2D eigenvalue weighted by atomic mass is 16.2. The highest BCUT2D eigenvalue weighted by molar-refractivity contribution is 6.15. The molecule has 0 heterocycles. The first kappa shape index (κ1) is 19.9. The summed E-state index contributed by atoms with van der Waals surface area (Å²) in [6.07, 6.45) is 0.201. The van der Waals surface area contributed by atoms with Gasteiger partial charge in [-0.05, 0) is 70.4 Å². The van der Waals surface area contributed by atoms with Gasteiger partial charge in [0.25, 0.3) is 0 Å². The summed E-state index contributed by atoms with van der Waals surface area (Å²) >= 11 is 0. The summed E-state index contributed by atoms with van der Waals surface area (Å²) in [5, 5.41) is 2.86. The lowest BCUT2D eigenvalue weighted by atomic mass is 9.86. The van der Waals surface area contributed by atoms with Gasteiger partial charge in [-0.15, -0.1) is 5.92 Å². The number of hydrogen-bond acceptors (Lipinski definition) is 3. The molecule has 2 rings (SSSR count). The van der Waals surface area contributed by atoms with Crippen molar-refractivity contribution in [2.24, 2.45) is 5.92 Å². The molecule has 26 heavy (non-hydrogen) atoms. The third kappa shape index (κ3) is 4.40. The standard InChI is InChI=1S/C22H27NO3/c1-7-8-15-9-13(2)19(14(3)10-15)20-17(24)11-16(21(20)26)12-18(25)23-22(4,5)6/h9-10,16,20H,11-12H2,1-6H3,(H,23,25). The third-order valence-corrected chi connectivity index (χ3v) is 4.55. The monoisotopic (exact) mass is 353 g/mol. The average molecular weight is 353 g/mol. The fourth-order valence-corrected chi connectivity index (χ4v) is 3.67. The van der Waals surface area contributed by atoms with Gasteiger partial charge in [0.05, 0.1) is 0 Å². The Morgan fingerprint density at radius 1 is 1.19 bits per heavy atom. The van der Waals surface area contributed by atoms with Gasteiger partial charge < -0.3 is 5.32 Å². The highest BCUT2D eigenvalue weighted by Crippen LogP contribution is 2.37. The molecular formula is C22H27NO3. The number of nitrogens with one attached hydrogen (secondary N) is 1. The van der Waals surface area contributed by atoms with Crippen LogP contribution in [0.2, 0.25) is 0 Å². The molecule has 1 saturated carbocycles. The molecule has 0 radical (unpaired) electrons. The van der Waals surface area contributed by atoms with Gasteiger partial charge in [-0.1, -0.05) is 5.92 Å². The van der Waals surface area contributed by atoms with E-state index in [1.165, 1.54) is 0 Å². The second-order valence-electron chi connectivity index (χ2n) is 8.10. The van der Waals surface area contributed by atoms with Gasteiger partial charge in [0.2, 0.25) is 5.91 Å². The Bertz CT molecular complexity index is 795. The van der Waals surface area contributed by atoms with Crippen LogP contribution in [-0.4, -0.2) is 23.0 Å². The molecule has 0 bridgehead atoms. The average Bonchev–Trinajstić information content (AvgIpc) is 2.72. The molecule has 1 fully saturated rings. The van der Waals surface area contributed by atoms with E-state index in [1.54, 1.807) is 6.92 Å². The molecule has 1 aliphatic carbocycles. The van der Waals surface area contributed by atoms with Crippen molar-refractivity contribution in [1.29, 1.82) is 0 Å². The highest BCUT2D eigenvalue weighted by Gasteiger charge is 2.44. The minimum atomic E-state index is -0.758. The van der Waals surface area contributed by atoms with Crippen molar-refractivity contribution < 1.29 is 14.4 Å². The molecule has 1 aliphatic rings. The number of carbonyl (C=O) groups is 3. The Kier molecular flexibility index (Phi) is 5.71. The lowest BCUT2D eigenvalue weighted by Gasteiger charge is -2.21. The summed E-state index contributed by atoms with van der Waals surface area (Å²) in [6.45, 7) is 11.3. The van der Waals surface area contributed by atoms with Gasteiger partial charge in [0.15, 0.2) is 5.78 Å². The van der Waals surface area contributed by atoms with E-state index in [1.807, 2.05) is 46.8 Å². The Morgan fingerprint density at radius 3 is 2.27 bits per heavy atom. The molecule has 2 unspecified atom stereocenters. The fraction of sp³-hybridized carbons (Fsp3) is 0.500. The van der Waals surface area contributed by atoms with E-state index >= 15 is 0 Å². The number of Topliss-reactive ketones (excluding diaryl/α,β-unsaturated/α-hetero) is 2. The number of amides is 1. The Labute approximate surface area is 155 Å². The fourth-order valence-electron chi connectivity index (χ4n) is 3.67. The van der Waals surface area contributed by atoms with Crippen molar-refractivity contribution in [3.05, 3.63) is 34.4 Å². The number of hydrogen-bond donors (Lipinski definition) is 1. The molecule has 4 nitrogen and oxygen atoms in total. The van der Waals surface area contributed by atoms with E-state index in [0.29, 0.717) is 0 Å². The molecule has 0 aliphatic heterocycles. The largest absolute Gasteiger partial charge is 0.351 e. The zero-order valence-electron chi connectivity index (χ0n) is 16.4. The molecular weight excluding hydrogens is 326 g/mol. The van der Waals surface area contributed by atoms with Crippen molar-refractivity contribution in [2.75, 3.05) is 0 Å². The van der Waals surface area contributed by atoms with Crippen LogP contribution in [0.1, 0.15) is 68.7 Å². The summed E-state index contributed by atoms with van der Waals surface area (Å²) in [5.41, 5.74) is 3.10. The van der Waals surface area contributed by atoms with E-state index < -0.39 is 11.8 Å². The molecule has 1 aromatic carbocycles. The van der Waals surface area contributed by atoms with Crippen molar-refractivity contribution in [2.45, 2.75) is 65.8 Å². The van der Waals surface area contributed by atoms with Crippen LogP contribution in [0.4, 0.5) is 0 Å². The Morgan fingerprint density at radius 2 is 1.77 bits per heavy atom. The van der Waals surface area contributed by atoms with Gasteiger partial charge in [-0.2, -0.15) is 0 Å². The summed E-state index contributed by atoms with van der Waals surface area (Å²) in [4.78, 5) is 37.7. The molecule has 1 amide bonds. The van der Waals surface area contributed by atoms with Gasteiger partial charge in [0.1, 0.15) is 11.7 Å². The normalized spacial score (nSPS) is 19.9. The summed E-state index contributed by atoms with van der Waals surface area (Å²) in [6, 6.07) is 3.83. The Hall–Kier alpha value is -2.41. The number of rotatable bonds is 3. The topological polar surface area (TPSA) is 63.2 Å². The number of benzene rings is 1. The second-order valence-corrected chi connectivity index (χ2v) is 8.10. The maximum Gasteiger partial charge on any atom is 0.221 e. The minimum absolute atomic E-state index is 0.0653. The predicted octanol–water partition coefficient (Wildman–Crippen LogP) is 3.22. The summed E-state index contributed by atoms with van der Waals surface area (Å²) in [7, 11) is 0. The molecule has 0 aromatic heterocycles. The van der Waals surface area contributed by atoms with Gasteiger partial charge >= 0.3 is 0 Å². The smallest absolute Gasteiger partial charge is 0.221 e. The second kappa shape index (κ2) is 7.45. The molecule has 0 spiro atoms. The van der Waals surface area contributed by atoms with Crippen molar-refractivity contribution in [3.8, 4) is 11.8 Å². The summed E-state index contributed by atoms with van der Waals surface area (Å²) < 4.78 is 0. The van der Waals surface area contributed by atoms with Crippen LogP contribution in [0.3, 0.4) is 0 Å². The van der Waals surface area contributed by atoms with E-state index in [4.69, 9.17) is 0 Å². The predicted molar refractivity (Wildman–Crippen MR) is 102 cm³/mol. The zero-order chi connectivity index (χ0) is 19.6. The van der Waals surface area contributed by atoms with E-state index in [-0.39, 0.29) is 35.9 Å². The quantitative estimate of drug-likeness (QED) is 0.670. The van der Waals surface area contributed by atoms with Crippen molar-refractivity contribution in [3.63, 3.8) is 0 Å². The molecule has 4 heteroatoms. The van der Waals surface area contributed by atoms with Gasteiger partial charge in [0, 0.05) is 29.9 Å². The number of aryl methyl sites for hydroxylation is 2. The van der Waals surface area contributed by atoms with Crippen LogP contribution >= 0.6 is 0 Å². The lowest BCUT2D eigenvalue weighted by Crippen LogP contribution is -2.41. The molecule has 1 aromatic rings. The molecule has 2 atom stereocenters. The Balaban J connectivity index is 2.27. The summed E-state index contributed by atoms with van der Waals surface area (Å²) in [5.74, 6) is 4.16. The van der Waals surface area contributed by atoms with E-state index in [2.05, 4.69) is 17.2 Å². The SMILES string of the molecule is CC#Cc1cc(C)c(C2C(=O)CC(CC(=O)NC(C)(C)C)C2=O)c(C)c1. The van der Waals surface area contributed by atoms with Crippen molar-refractivity contribution >= 4 is 17.5 Å². The minimum Gasteiger partial charge on any atom is -0.351 e. The van der Waals surface area contributed by atoms with Gasteiger partial charge in [-0.25, -0.2) is 0 Å². The van der Waals surface area contributed by atoms with Crippen LogP contribution in [-0.2, 0) is 14.4 Å². The van der Waals surface area contributed by atoms with Crippen LogP contribution in [0.25, 0.3) is 0 Å². The number of ketones is 2. The maximum atomic E-state index is 12.9. The first-order chi connectivity index (χ1) is 12.0. The lowest BCUT2D eigenvalue weighted by molar-refractivity contribution is -0.129. The van der Waals surface area contributed by atoms with E-state index in [9.17, 15) is 14.4 Å². The molecule has 138 valence electrons. The first-order valence-corrected chi connectivity index (χ1v) is 8.95. The third-order valence-electron chi connectivity index (χ3n) is 4.55. The van der Waals surface area contributed by atoms with Crippen LogP contribution in [0, 0.1) is 31.6 Å². The van der Waals surface area contributed by atoms with E-state index in [0.717, 1.165) is 22.3 Å². The first-order valence-electron chi connectivity index (χ1n) is 8.95. The van der Waals surface area contributed by atoms with Crippen LogP contribution in [0.15, 0.2) is 12.1 Å². The maximum absolute atomic E-state index is 12.9. The number of carbonyl (C=O) groups excluding carboxylic acids is 3. The van der Waals surface area contributed by atoms with Gasteiger partial charge in [-0.3, -0.25) is 14.4 Å². The van der Waals surface area contributed by atoms with Crippen LogP contribution in [0.5, 0.6) is 0 Å². The van der Waals surface area contributed by atoms with Crippen LogP contribution < -0.4 is 5.32 Å². The molecule has 0 saturated heterocycles.